The highest BCUT2D eigenvalue weighted by Gasteiger charge is 2.17. The fourth-order valence-electron chi connectivity index (χ4n) is 0.925. The van der Waals surface area contributed by atoms with Gasteiger partial charge in [-0.05, 0) is 18.2 Å². The van der Waals surface area contributed by atoms with Crippen LogP contribution in [0, 0.1) is 5.82 Å². The van der Waals surface area contributed by atoms with Gasteiger partial charge in [-0.15, -0.1) is 0 Å². The fraction of sp³-hybridized carbons (Fsp3) is 0.222. The molecule has 0 fully saturated rings. The van der Waals surface area contributed by atoms with Crippen LogP contribution in [0.5, 0.6) is 0 Å². The Morgan fingerprint density at radius 2 is 2.12 bits per heavy atom. The topological polar surface area (TPSA) is 63.2 Å². The lowest BCUT2D eigenvalue weighted by Crippen LogP contribution is -2.29. The van der Waals surface area contributed by atoms with Crippen LogP contribution in [0.15, 0.2) is 23.1 Å². The van der Waals surface area contributed by atoms with E-state index in [9.17, 15) is 17.6 Å². The first-order valence-corrected chi connectivity index (χ1v) is 6.23. The average Bonchev–Trinajstić information content (AvgIpc) is 2.21. The van der Waals surface area contributed by atoms with E-state index in [1.165, 1.54) is 6.92 Å². The zero-order valence-electron chi connectivity index (χ0n) is 8.33. The highest BCUT2D eigenvalue weighted by Crippen LogP contribution is 2.19. The van der Waals surface area contributed by atoms with Crippen LogP contribution < -0.4 is 4.72 Å². The van der Waals surface area contributed by atoms with E-state index < -0.39 is 21.7 Å². The minimum absolute atomic E-state index is 0.0359. The fourth-order valence-corrected chi connectivity index (χ4v) is 2.25. The van der Waals surface area contributed by atoms with Gasteiger partial charge in [0.25, 0.3) is 10.0 Å². The number of halogens is 2. The minimum atomic E-state index is -3.96. The van der Waals surface area contributed by atoms with Crippen molar-refractivity contribution in [3.05, 3.63) is 29.0 Å². The molecule has 7 heteroatoms. The molecule has 0 atom stereocenters. The monoisotopic (exact) mass is 265 g/mol. The summed E-state index contributed by atoms with van der Waals surface area (Å²) in [5.74, 6) is -1.36. The van der Waals surface area contributed by atoms with E-state index in [1.54, 1.807) is 0 Å². The number of benzene rings is 1. The van der Waals surface area contributed by atoms with E-state index in [0.717, 1.165) is 18.2 Å². The van der Waals surface area contributed by atoms with Crippen LogP contribution >= 0.6 is 11.6 Å². The number of carbonyl (C=O) groups excluding carboxylic acids is 1. The van der Waals surface area contributed by atoms with Gasteiger partial charge < -0.3 is 0 Å². The Labute approximate surface area is 97.5 Å². The molecule has 16 heavy (non-hydrogen) atoms. The number of hydrogen-bond donors (Lipinski definition) is 1. The van der Waals surface area contributed by atoms with E-state index in [4.69, 9.17) is 11.6 Å². The second-order valence-corrected chi connectivity index (χ2v) is 5.05. The van der Waals surface area contributed by atoms with Crippen molar-refractivity contribution >= 4 is 27.5 Å². The lowest BCUT2D eigenvalue weighted by atomic mass is 10.3. The first kappa shape index (κ1) is 12.9. The van der Waals surface area contributed by atoms with Gasteiger partial charge in [0.05, 0.1) is 9.92 Å². The van der Waals surface area contributed by atoms with Gasteiger partial charge in [0.1, 0.15) is 5.82 Å². The first-order chi connectivity index (χ1) is 7.36. The maximum atomic E-state index is 12.8. The van der Waals surface area contributed by atoms with Gasteiger partial charge in [0.15, 0.2) is 0 Å². The molecule has 1 aromatic rings. The highest BCUT2D eigenvalue weighted by atomic mass is 35.5. The van der Waals surface area contributed by atoms with Crippen LogP contribution in [0.3, 0.4) is 0 Å². The summed E-state index contributed by atoms with van der Waals surface area (Å²) in [4.78, 5) is 10.7. The summed E-state index contributed by atoms with van der Waals surface area (Å²) < 4.78 is 37.7. The zero-order chi connectivity index (χ0) is 12.3. The predicted molar refractivity (Wildman–Crippen MR) is 57.0 cm³/mol. The molecule has 0 bridgehead atoms. The first-order valence-electron chi connectivity index (χ1n) is 4.37. The smallest absolute Gasteiger partial charge is 0.264 e. The molecule has 1 N–H and O–H groups in total. The molecule has 0 spiro atoms. The van der Waals surface area contributed by atoms with Crippen LogP contribution in [0.25, 0.3) is 0 Å². The summed E-state index contributed by atoms with van der Waals surface area (Å²) in [6.45, 7) is 1.52. The van der Waals surface area contributed by atoms with Gasteiger partial charge in [-0.1, -0.05) is 18.5 Å². The van der Waals surface area contributed by atoms with E-state index in [-0.39, 0.29) is 16.3 Å². The van der Waals surface area contributed by atoms with Gasteiger partial charge in [-0.3, -0.25) is 4.79 Å². The molecule has 0 aliphatic heterocycles. The third kappa shape index (κ3) is 2.93. The van der Waals surface area contributed by atoms with E-state index in [0.29, 0.717) is 0 Å². The van der Waals surface area contributed by atoms with Crippen molar-refractivity contribution in [1.29, 1.82) is 0 Å². The minimum Gasteiger partial charge on any atom is -0.274 e. The SMILES string of the molecule is CCC(=O)NS(=O)(=O)c1ccc(F)c(Cl)c1. The van der Waals surface area contributed by atoms with Crippen LogP contribution in [-0.2, 0) is 14.8 Å². The number of carbonyl (C=O) groups is 1. The molecule has 0 aliphatic carbocycles. The molecule has 0 heterocycles. The van der Waals surface area contributed by atoms with E-state index >= 15 is 0 Å². The zero-order valence-corrected chi connectivity index (χ0v) is 9.90. The molecule has 0 saturated carbocycles. The number of hydrogen-bond acceptors (Lipinski definition) is 3. The van der Waals surface area contributed by atoms with Crippen LogP contribution in [0.4, 0.5) is 4.39 Å². The van der Waals surface area contributed by atoms with Crippen molar-refractivity contribution < 1.29 is 17.6 Å². The van der Waals surface area contributed by atoms with Crippen molar-refractivity contribution in [3.63, 3.8) is 0 Å². The molecule has 4 nitrogen and oxygen atoms in total. The molecule has 1 aromatic carbocycles. The molecule has 88 valence electrons. The molecule has 0 unspecified atom stereocenters. The largest absolute Gasteiger partial charge is 0.274 e. The van der Waals surface area contributed by atoms with Crippen molar-refractivity contribution in [2.45, 2.75) is 18.2 Å². The Morgan fingerprint density at radius 1 is 1.50 bits per heavy atom. The van der Waals surface area contributed by atoms with Crippen LogP contribution in [0.1, 0.15) is 13.3 Å². The summed E-state index contributed by atoms with van der Waals surface area (Å²) in [6, 6.07) is 2.90. The number of nitrogens with one attached hydrogen (secondary N) is 1. The summed E-state index contributed by atoms with van der Waals surface area (Å²) in [7, 11) is -3.96. The Morgan fingerprint density at radius 3 is 2.62 bits per heavy atom. The summed E-state index contributed by atoms with van der Waals surface area (Å²) in [5.41, 5.74) is 0. The number of rotatable bonds is 3. The molecular weight excluding hydrogens is 257 g/mol. The van der Waals surface area contributed by atoms with Gasteiger partial charge in [0.2, 0.25) is 5.91 Å². The van der Waals surface area contributed by atoms with Crippen molar-refractivity contribution in [3.8, 4) is 0 Å². The van der Waals surface area contributed by atoms with Crippen LogP contribution in [-0.4, -0.2) is 14.3 Å². The number of amides is 1. The second kappa shape index (κ2) is 4.80. The lowest BCUT2D eigenvalue weighted by molar-refractivity contribution is -0.119. The quantitative estimate of drug-likeness (QED) is 0.905. The second-order valence-electron chi connectivity index (χ2n) is 2.96. The van der Waals surface area contributed by atoms with Crippen molar-refractivity contribution in [1.82, 2.24) is 4.72 Å². The molecule has 1 amide bonds. The Kier molecular flexibility index (Phi) is 3.88. The maximum Gasteiger partial charge on any atom is 0.264 e. The Balaban J connectivity index is 3.08. The number of sulfonamides is 1. The highest BCUT2D eigenvalue weighted by molar-refractivity contribution is 7.90. The van der Waals surface area contributed by atoms with E-state index in [1.807, 2.05) is 4.72 Å². The van der Waals surface area contributed by atoms with Crippen molar-refractivity contribution in [2.24, 2.45) is 0 Å². The molecule has 0 radical (unpaired) electrons. The van der Waals surface area contributed by atoms with Crippen LogP contribution in [0.2, 0.25) is 5.02 Å². The Bertz CT molecular complexity index is 515. The van der Waals surface area contributed by atoms with Gasteiger partial charge in [0, 0.05) is 6.42 Å². The van der Waals surface area contributed by atoms with Crippen molar-refractivity contribution in [2.75, 3.05) is 0 Å². The van der Waals surface area contributed by atoms with Gasteiger partial charge in [-0.25, -0.2) is 17.5 Å². The lowest BCUT2D eigenvalue weighted by Gasteiger charge is -2.06. The molecular formula is C9H9ClFNO3S. The van der Waals surface area contributed by atoms with Gasteiger partial charge in [-0.2, -0.15) is 0 Å². The Hall–Kier alpha value is -1.14. The third-order valence-electron chi connectivity index (χ3n) is 1.77. The predicted octanol–water partition coefficient (Wildman–Crippen LogP) is 1.69. The normalized spacial score (nSPS) is 11.2. The molecule has 0 aromatic heterocycles. The molecule has 0 saturated heterocycles. The summed E-state index contributed by atoms with van der Waals surface area (Å²) >= 11 is 5.44. The summed E-state index contributed by atoms with van der Waals surface area (Å²) in [6.07, 6.45) is 0.0359. The maximum absolute atomic E-state index is 12.8. The third-order valence-corrected chi connectivity index (χ3v) is 3.43. The van der Waals surface area contributed by atoms with Gasteiger partial charge >= 0.3 is 0 Å². The average molecular weight is 266 g/mol. The molecule has 1 rings (SSSR count). The van der Waals surface area contributed by atoms with E-state index in [2.05, 4.69) is 0 Å². The standard InChI is InChI=1S/C9H9ClFNO3S/c1-2-9(13)12-16(14,15)6-3-4-8(11)7(10)5-6/h3-5H,2H2,1H3,(H,12,13). The summed E-state index contributed by atoms with van der Waals surface area (Å²) in [5, 5.41) is -0.313. The molecule has 0 aliphatic rings.